The number of carbonyl (C=O) groups is 4. The van der Waals surface area contributed by atoms with Crippen LogP contribution in [0.5, 0.6) is 11.5 Å². The number of esters is 1. The Morgan fingerprint density at radius 2 is 1.38 bits per heavy atom. The summed E-state index contributed by atoms with van der Waals surface area (Å²) >= 11 is 0. The molecule has 0 heterocycles. The van der Waals surface area contributed by atoms with Crippen LogP contribution in [0.3, 0.4) is 0 Å². The largest absolute Gasteiger partial charge is 0.514 e. The van der Waals surface area contributed by atoms with Crippen LogP contribution < -0.4 is 15.2 Å². The lowest BCUT2D eigenvalue weighted by atomic mass is 9.87. The molecule has 0 spiro atoms. The van der Waals surface area contributed by atoms with Crippen LogP contribution >= 0.6 is 0 Å². The summed E-state index contributed by atoms with van der Waals surface area (Å²) < 4.78 is 26.2. The van der Waals surface area contributed by atoms with Crippen LogP contribution in [0.2, 0.25) is 0 Å². The van der Waals surface area contributed by atoms with E-state index in [0.717, 1.165) is 0 Å². The van der Waals surface area contributed by atoms with Crippen LogP contribution in [0.25, 0.3) is 0 Å². The molecule has 0 fully saturated rings. The zero-order chi connectivity index (χ0) is 28.1. The normalized spacial score (nSPS) is 14.9. The molecule has 4 unspecified atom stereocenters. The maximum absolute atomic E-state index is 12.3. The molecule has 5 atom stereocenters. The van der Waals surface area contributed by atoms with Crippen molar-refractivity contribution in [3.63, 3.8) is 0 Å². The van der Waals surface area contributed by atoms with Crippen molar-refractivity contribution in [1.29, 1.82) is 0 Å². The highest BCUT2D eigenvalue weighted by Gasteiger charge is 2.30. The number of rotatable bonds is 14. The molecule has 0 saturated heterocycles. The highest BCUT2D eigenvalue weighted by Crippen LogP contribution is 2.35. The van der Waals surface area contributed by atoms with Gasteiger partial charge in [-0.1, -0.05) is 26.8 Å². The fourth-order valence-electron chi connectivity index (χ4n) is 3.20. The van der Waals surface area contributed by atoms with E-state index in [9.17, 15) is 24.3 Å². The van der Waals surface area contributed by atoms with Crippen molar-refractivity contribution in [3.8, 4) is 11.5 Å². The van der Waals surface area contributed by atoms with E-state index in [2.05, 4.69) is 0 Å². The first-order valence-corrected chi connectivity index (χ1v) is 12.5. The summed E-state index contributed by atoms with van der Waals surface area (Å²) in [5.41, 5.74) is 6.34. The van der Waals surface area contributed by atoms with Gasteiger partial charge in [-0.15, -0.1) is 0 Å². The molecular formula is C26H39NO10. The Bertz CT molecular complexity index is 919. The Labute approximate surface area is 217 Å². The van der Waals surface area contributed by atoms with Crippen molar-refractivity contribution in [2.45, 2.75) is 104 Å². The van der Waals surface area contributed by atoms with Gasteiger partial charge < -0.3 is 34.5 Å². The van der Waals surface area contributed by atoms with E-state index in [1.165, 1.54) is 18.2 Å². The van der Waals surface area contributed by atoms with Gasteiger partial charge in [-0.05, 0) is 64.2 Å². The van der Waals surface area contributed by atoms with Crippen molar-refractivity contribution in [2.24, 2.45) is 5.73 Å². The lowest BCUT2D eigenvalue weighted by Crippen LogP contribution is -2.38. The van der Waals surface area contributed by atoms with Gasteiger partial charge in [0.15, 0.2) is 11.5 Å². The fourth-order valence-corrected chi connectivity index (χ4v) is 3.20. The number of benzene rings is 1. The van der Waals surface area contributed by atoms with E-state index >= 15 is 0 Å². The highest BCUT2D eigenvalue weighted by molar-refractivity contribution is 5.75. The van der Waals surface area contributed by atoms with E-state index in [-0.39, 0.29) is 24.3 Å². The predicted octanol–water partition coefficient (Wildman–Crippen LogP) is 4.93. The van der Waals surface area contributed by atoms with Crippen LogP contribution in [0.1, 0.15) is 85.1 Å². The van der Waals surface area contributed by atoms with E-state index in [1.54, 1.807) is 20.8 Å². The molecule has 0 saturated carbocycles. The fraction of sp³-hybridized carbons (Fsp3) is 0.615. The second kappa shape index (κ2) is 15.7. The number of carbonyl (C=O) groups excluding carboxylic acids is 3. The summed E-state index contributed by atoms with van der Waals surface area (Å²) in [7, 11) is 0. The Kier molecular flexibility index (Phi) is 13.4. The van der Waals surface area contributed by atoms with Gasteiger partial charge in [-0.2, -0.15) is 0 Å². The zero-order valence-electron chi connectivity index (χ0n) is 22.4. The maximum Gasteiger partial charge on any atom is 0.514 e. The number of hydrogen-bond donors (Lipinski definition) is 2. The predicted molar refractivity (Wildman–Crippen MR) is 134 cm³/mol. The number of hydrogen-bond acceptors (Lipinski definition) is 10. The molecule has 0 aliphatic rings. The van der Waals surface area contributed by atoms with Crippen LogP contribution in [-0.4, -0.2) is 53.7 Å². The molecule has 0 aromatic heterocycles. The smallest absolute Gasteiger partial charge is 0.480 e. The van der Waals surface area contributed by atoms with Gasteiger partial charge in [0.2, 0.25) is 0 Å². The molecule has 11 heteroatoms. The third-order valence-corrected chi connectivity index (χ3v) is 5.62. The van der Waals surface area contributed by atoms with Gasteiger partial charge >= 0.3 is 24.2 Å². The lowest BCUT2D eigenvalue weighted by Gasteiger charge is -2.25. The van der Waals surface area contributed by atoms with Crippen molar-refractivity contribution in [2.75, 3.05) is 0 Å². The molecule has 0 aliphatic heterocycles. The molecule has 1 rings (SSSR count). The van der Waals surface area contributed by atoms with Gasteiger partial charge in [0.05, 0.1) is 6.10 Å². The number of carboxylic acid groups (broad SMARTS) is 1. The molecule has 1 aromatic rings. The molecule has 37 heavy (non-hydrogen) atoms. The van der Waals surface area contributed by atoms with E-state index in [0.29, 0.717) is 24.8 Å². The molecule has 11 nitrogen and oxygen atoms in total. The van der Waals surface area contributed by atoms with Crippen molar-refractivity contribution in [1.82, 2.24) is 0 Å². The van der Waals surface area contributed by atoms with Gasteiger partial charge in [-0.25, -0.2) is 9.59 Å². The van der Waals surface area contributed by atoms with E-state index < -0.39 is 54.5 Å². The van der Waals surface area contributed by atoms with Crippen molar-refractivity contribution in [3.05, 3.63) is 23.8 Å². The third kappa shape index (κ3) is 11.1. The topological polar surface area (TPSA) is 161 Å². The SMILES string of the molecule is CCCC(=O)OC(C)CC(c1ccc(OC(=O)OC(C)CC)c(OC(=O)OC(C)CC)c1)[C@H](N)C(=O)O. The Morgan fingerprint density at radius 3 is 1.86 bits per heavy atom. The summed E-state index contributed by atoms with van der Waals surface area (Å²) in [6.45, 7) is 10.5. The Morgan fingerprint density at radius 1 is 0.838 bits per heavy atom. The standard InChI is InChI=1S/C26H39NO10/c1-7-10-22(28)33-17(6)13-19(23(27)24(29)30)18-11-12-20(36-25(31)34-15(4)8-2)21(14-18)37-26(32)35-16(5)9-3/h11-12,14-17,19,23H,7-10,13,27H2,1-6H3,(H,29,30)/t15?,16?,17?,19?,23-/m0/s1. The molecular weight excluding hydrogens is 486 g/mol. The second-order valence-corrected chi connectivity index (χ2v) is 8.84. The van der Waals surface area contributed by atoms with Gasteiger partial charge in [0, 0.05) is 12.3 Å². The Balaban J connectivity index is 3.34. The lowest BCUT2D eigenvalue weighted by molar-refractivity contribution is -0.148. The minimum atomic E-state index is -1.37. The monoisotopic (exact) mass is 525 g/mol. The zero-order valence-corrected chi connectivity index (χ0v) is 22.4. The molecule has 208 valence electrons. The average molecular weight is 526 g/mol. The van der Waals surface area contributed by atoms with Crippen LogP contribution in [-0.2, 0) is 23.8 Å². The number of ether oxygens (including phenoxy) is 5. The van der Waals surface area contributed by atoms with Crippen LogP contribution in [0, 0.1) is 0 Å². The minimum Gasteiger partial charge on any atom is -0.480 e. The first kappa shape index (κ1) is 31.7. The van der Waals surface area contributed by atoms with Crippen LogP contribution in [0.15, 0.2) is 18.2 Å². The van der Waals surface area contributed by atoms with Gasteiger partial charge in [0.25, 0.3) is 0 Å². The second-order valence-electron chi connectivity index (χ2n) is 8.84. The van der Waals surface area contributed by atoms with Crippen molar-refractivity contribution < 1.29 is 48.0 Å². The summed E-state index contributed by atoms with van der Waals surface area (Å²) in [4.78, 5) is 48.2. The summed E-state index contributed by atoms with van der Waals surface area (Å²) in [5.74, 6) is -2.84. The molecule has 0 aliphatic carbocycles. The van der Waals surface area contributed by atoms with Crippen LogP contribution in [0.4, 0.5) is 9.59 Å². The average Bonchev–Trinajstić information content (AvgIpc) is 2.82. The third-order valence-electron chi connectivity index (χ3n) is 5.62. The number of aliphatic carboxylic acids is 1. The van der Waals surface area contributed by atoms with Gasteiger partial charge in [0.1, 0.15) is 18.2 Å². The molecule has 0 amide bonds. The summed E-state index contributed by atoms with van der Waals surface area (Å²) in [6.07, 6.45) is -1.48. The molecule has 0 bridgehead atoms. The number of carboxylic acids is 1. The molecule has 1 aromatic carbocycles. The first-order valence-electron chi connectivity index (χ1n) is 12.5. The number of nitrogens with two attached hydrogens (primary N) is 1. The summed E-state index contributed by atoms with van der Waals surface area (Å²) in [5, 5.41) is 9.59. The highest BCUT2D eigenvalue weighted by atomic mass is 16.7. The maximum atomic E-state index is 12.3. The van der Waals surface area contributed by atoms with E-state index in [1.807, 2.05) is 20.8 Å². The summed E-state index contributed by atoms with van der Waals surface area (Å²) in [6, 6.07) is 2.81. The quantitative estimate of drug-likeness (QED) is 0.192. The Hall–Kier alpha value is -3.34. The minimum absolute atomic E-state index is 0.0793. The van der Waals surface area contributed by atoms with Crippen molar-refractivity contribution >= 4 is 24.2 Å². The molecule has 0 radical (unpaired) electrons. The van der Waals surface area contributed by atoms with E-state index in [4.69, 9.17) is 29.4 Å². The molecule has 3 N–H and O–H groups in total. The first-order chi connectivity index (χ1) is 17.4. The van der Waals surface area contributed by atoms with Gasteiger partial charge in [-0.3, -0.25) is 9.59 Å².